The summed E-state index contributed by atoms with van der Waals surface area (Å²) in [7, 11) is 0. The van der Waals surface area contributed by atoms with E-state index in [4.69, 9.17) is 21.7 Å². The molecular weight excluding hydrogens is 180 g/mol. The first-order chi connectivity index (χ1) is 6.81. The van der Waals surface area contributed by atoms with E-state index in [1.54, 1.807) is 12.1 Å². The van der Waals surface area contributed by atoms with E-state index in [1.165, 1.54) is 6.20 Å². The molecule has 0 bridgehead atoms. The molecule has 5 heteroatoms. The summed E-state index contributed by atoms with van der Waals surface area (Å²) >= 11 is 0. The van der Waals surface area contributed by atoms with E-state index in [0.29, 0.717) is 0 Å². The molecule has 0 spiro atoms. The molecule has 0 saturated heterocycles. The molecule has 0 amide bonds. The maximum absolute atomic E-state index is 8.60. The van der Waals surface area contributed by atoms with Crippen LogP contribution < -0.4 is 4.74 Å². The largest absolute Gasteiger partial charge is 0.463 e. The highest BCUT2D eigenvalue weighted by Crippen LogP contribution is 2.07. The average Bonchev–Trinajstić information content (AvgIpc) is 2.25. The lowest BCUT2D eigenvalue weighted by molar-refractivity contribution is 0.353. The molecular formula is C9H4N4O. The van der Waals surface area contributed by atoms with Crippen LogP contribution in [0.15, 0.2) is 6.20 Å². The number of rotatable bonds is 2. The molecule has 66 valence electrons. The van der Waals surface area contributed by atoms with Gasteiger partial charge >= 0.3 is 0 Å². The molecule has 0 N–H and O–H groups in total. The molecule has 14 heavy (non-hydrogen) atoms. The standard InChI is InChI=1S/C9H4N4O/c1-2-3-14-9-6-12-7(4-10)8(5-11)13-9/h1,6H,3H2. The molecule has 1 rings (SSSR count). The van der Waals surface area contributed by atoms with Crippen molar-refractivity contribution in [1.29, 1.82) is 10.5 Å². The molecule has 1 aromatic rings. The molecule has 5 nitrogen and oxygen atoms in total. The van der Waals surface area contributed by atoms with Crippen molar-refractivity contribution in [3.05, 3.63) is 17.6 Å². The zero-order valence-electron chi connectivity index (χ0n) is 7.06. The first kappa shape index (κ1) is 9.51. The predicted molar refractivity (Wildman–Crippen MR) is 45.8 cm³/mol. The van der Waals surface area contributed by atoms with Crippen LogP contribution in [-0.2, 0) is 0 Å². The van der Waals surface area contributed by atoms with Crippen LogP contribution in [0.4, 0.5) is 0 Å². The van der Waals surface area contributed by atoms with Crippen LogP contribution in [0.25, 0.3) is 0 Å². The van der Waals surface area contributed by atoms with E-state index in [0.717, 1.165) is 0 Å². The van der Waals surface area contributed by atoms with Gasteiger partial charge in [0.05, 0.1) is 6.20 Å². The van der Waals surface area contributed by atoms with Crippen LogP contribution in [0.5, 0.6) is 5.88 Å². The smallest absolute Gasteiger partial charge is 0.234 e. The van der Waals surface area contributed by atoms with Crippen LogP contribution in [0, 0.1) is 35.0 Å². The first-order valence-electron chi connectivity index (χ1n) is 3.55. The highest BCUT2D eigenvalue weighted by Gasteiger charge is 2.06. The van der Waals surface area contributed by atoms with Crippen molar-refractivity contribution in [2.75, 3.05) is 6.61 Å². The zero-order chi connectivity index (χ0) is 10.4. The lowest BCUT2D eigenvalue weighted by Crippen LogP contribution is -2.00. The van der Waals surface area contributed by atoms with Crippen LogP contribution in [-0.4, -0.2) is 16.6 Å². The third-order valence-corrected chi connectivity index (χ3v) is 1.27. The Morgan fingerprint density at radius 3 is 2.64 bits per heavy atom. The van der Waals surface area contributed by atoms with Crippen LogP contribution in [0.1, 0.15) is 11.4 Å². The fraction of sp³-hybridized carbons (Fsp3) is 0.111. The summed E-state index contributed by atoms with van der Waals surface area (Å²) in [4.78, 5) is 7.42. The summed E-state index contributed by atoms with van der Waals surface area (Å²) in [6.07, 6.45) is 6.21. The quantitative estimate of drug-likeness (QED) is 0.614. The number of ether oxygens (including phenoxy) is 1. The highest BCUT2D eigenvalue weighted by atomic mass is 16.5. The first-order valence-corrected chi connectivity index (χ1v) is 3.55. The van der Waals surface area contributed by atoms with E-state index in [1.807, 2.05) is 0 Å². The van der Waals surface area contributed by atoms with E-state index in [9.17, 15) is 0 Å². The maximum atomic E-state index is 8.60. The lowest BCUT2D eigenvalue weighted by atomic mass is 10.3. The van der Waals surface area contributed by atoms with Crippen molar-refractivity contribution < 1.29 is 4.74 Å². The number of terminal acetylenes is 1. The van der Waals surface area contributed by atoms with Crippen molar-refractivity contribution in [3.8, 4) is 30.4 Å². The highest BCUT2D eigenvalue weighted by molar-refractivity contribution is 5.36. The Labute approximate surface area is 80.6 Å². The van der Waals surface area contributed by atoms with Crippen LogP contribution >= 0.6 is 0 Å². The summed E-state index contributed by atoms with van der Waals surface area (Å²) in [6.45, 7) is 0.0471. The van der Waals surface area contributed by atoms with Gasteiger partial charge < -0.3 is 4.74 Å². The molecule has 0 unspecified atom stereocenters. The number of hydrogen-bond donors (Lipinski definition) is 0. The van der Waals surface area contributed by atoms with Crippen molar-refractivity contribution in [3.63, 3.8) is 0 Å². The maximum Gasteiger partial charge on any atom is 0.234 e. The van der Waals surface area contributed by atoms with Crippen LogP contribution in [0.2, 0.25) is 0 Å². The molecule has 0 aliphatic rings. The van der Waals surface area contributed by atoms with Crippen molar-refractivity contribution >= 4 is 0 Å². The number of nitriles is 2. The zero-order valence-corrected chi connectivity index (χ0v) is 7.06. The fourth-order valence-corrected chi connectivity index (χ4v) is 0.718. The molecule has 0 radical (unpaired) electrons. The van der Waals surface area contributed by atoms with Gasteiger partial charge in [0, 0.05) is 0 Å². The van der Waals surface area contributed by atoms with Gasteiger partial charge in [-0.2, -0.15) is 15.5 Å². The molecule has 0 aliphatic carbocycles. The SMILES string of the molecule is C#CCOc1cnc(C#N)c(C#N)n1. The second kappa shape index (κ2) is 4.45. The average molecular weight is 184 g/mol. The Bertz CT molecular complexity index is 461. The van der Waals surface area contributed by atoms with Gasteiger partial charge in [0.1, 0.15) is 12.1 Å². The van der Waals surface area contributed by atoms with Gasteiger partial charge in [0.25, 0.3) is 0 Å². The van der Waals surface area contributed by atoms with Gasteiger partial charge in [0.2, 0.25) is 5.88 Å². The van der Waals surface area contributed by atoms with Crippen LogP contribution in [0.3, 0.4) is 0 Å². The molecule has 0 saturated carbocycles. The summed E-state index contributed by atoms with van der Waals surface area (Å²) in [5.41, 5.74) is -0.0948. The molecule has 0 fully saturated rings. The van der Waals surface area contributed by atoms with E-state index >= 15 is 0 Å². The molecule has 1 heterocycles. The van der Waals surface area contributed by atoms with Gasteiger partial charge in [-0.25, -0.2) is 4.98 Å². The van der Waals surface area contributed by atoms with Crippen molar-refractivity contribution in [2.24, 2.45) is 0 Å². The van der Waals surface area contributed by atoms with Crippen molar-refractivity contribution in [1.82, 2.24) is 9.97 Å². The number of nitrogens with zero attached hydrogens (tertiary/aromatic N) is 4. The minimum atomic E-state index is -0.0676. The van der Waals surface area contributed by atoms with Gasteiger partial charge in [0.15, 0.2) is 18.0 Å². The van der Waals surface area contributed by atoms with E-state index < -0.39 is 0 Å². The molecule has 1 aromatic heterocycles. The van der Waals surface area contributed by atoms with Crippen molar-refractivity contribution in [2.45, 2.75) is 0 Å². The monoisotopic (exact) mass is 184 g/mol. The summed E-state index contributed by atoms with van der Waals surface area (Å²) < 4.78 is 4.93. The Hall–Kier alpha value is -2.58. The Balaban J connectivity index is 3.00. The molecule has 0 aromatic carbocycles. The minimum Gasteiger partial charge on any atom is -0.463 e. The Morgan fingerprint density at radius 1 is 1.36 bits per heavy atom. The topological polar surface area (TPSA) is 82.6 Å². The Kier molecular flexibility index (Phi) is 3.02. The second-order valence-corrected chi connectivity index (χ2v) is 2.12. The second-order valence-electron chi connectivity index (χ2n) is 2.12. The van der Waals surface area contributed by atoms with Gasteiger partial charge in [-0.3, -0.25) is 0 Å². The van der Waals surface area contributed by atoms with E-state index in [-0.39, 0.29) is 23.9 Å². The summed E-state index contributed by atoms with van der Waals surface area (Å²) in [5.74, 6) is 2.38. The molecule has 0 atom stereocenters. The van der Waals surface area contributed by atoms with Gasteiger partial charge in [-0.05, 0) is 0 Å². The van der Waals surface area contributed by atoms with Gasteiger partial charge in [-0.15, -0.1) is 6.42 Å². The lowest BCUT2D eigenvalue weighted by Gasteiger charge is -2.00. The summed E-state index contributed by atoms with van der Waals surface area (Å²) in [6, 6.07) is 3.47. The normalized spacial score (nSPS) is 8.07. The summed E-state index contributed by atoms with van der Waals surface area (Å²) in [5, 5.41) is 17.1. The fourth-order valence-electron chi connectivity index (χ4n) is 0.718. The number of aromatic nitrogens is 2. The third-order valence-electron chi connectivity index (χ3n) is 1.27. The van der Waals surface area contributed by atoms with E-state index in [2.05, 4.69) is 15.9 Å². The van der Waals surface area contributed by atoms with Gasteiger partial charge in [-0.1, -0.05) is 5.92 Å². The minimum absolute atomic E-state index is 0.0273. The molecule has 0 aliphatic heterocycles. The number of hydrogen-bond acceptors (Lipinski definition) is 5. The third kappa shape index (κ3) is 1.97. The predicted octanol–water partition coefficient (Wildman–Crippen LogP) is 0.232. The Morgan fingerprint density at radius 2 is 2.07 bits per heavy atom.